The normalized spacial score (nSPS) is 29.2. The number of nitrogens with two attached hydrogens (primary N) is 1. The summed E-state index contributed by atoms with van der Waals surface area (Å²) in [5.41, 5.74) is 4.60. The number of aryl methyl sites for hydroxylation is 1. The highest BCUT2D eigenvalue weighted by atomic mass is 31.2. The number of ether oxygens (including phenoxy) is 2. The topological polar surface area (TPSA) is 252 Å². The molecule has 2 aliphatic rings. The monoisotopic (exact) mass is 556 g/mol. The zero-order valence-electron chi connectivity index (χ0n) is 19.9. The molecule has 0 bridgehead atoms. The van der Waals surface area contributed by atoms with E-state index in [1.54, 1.807) is 6.92 Å². The van der Waals surface area contributed by atoms with Crippen LogP contribution in [0.15, 0.2) is 22.2 Å². The van der Waals surface area contributed by atoms with Gasteiger partial charge in [-0.15, -0.1) is 0 Å². The Hall–Kier alpha value is -3.09. The molecule has 0 aliphatic carbocycles. The van der Waals surface area contributed by atoms with Crippen LogP contribution in [0.1, 0.15) is 31.1 Å². The maximum atomic E-state index is 12.7. The summed E-state index contributed by atoms with van der Waals surface area (Å²) >= 11 is 0. The van der Waals surface area contributed by atoms with Gasteiger partial charge in [-0.3, -0.25) is 28.0 Å². The zero-order valence-corrected chi connectivity index (χ0v) is 20.7. The number of aliphatic hydroxyl groups is 2. The van der Waals surface area contributed by atoms with Crippen molar-refractivity contribution in [3.63, 3.8) is 0 Å². The SMILES string of the molecule is Cc1ncn(C2CC(OP(=O)(O)OCC3OC(n4cnc5c(=O)[nH]c(N)nc54)CC3O)C(CO)O2)c(=O)n1. The first-order chi connectivity index (χ1) is 18.0. The van der Waals surface area contributed by atoms with Gasteiger partial charge < -0.3 is 30.3 Å². The van der Waals surface area contributed by atoms with Crippen LogP contribution in [0.2, 0.25) is 0 Å². The first-order valence-electron chi connectivity index (χ1n) is 11.4. The van der Waals surface area contributed by atoms with E-state index in [-0.39, 0.29) is 35.8 Å². The molecule has 18 nitrogen and oxygen atoms in total. The lowest BCUT2D eigenvalue weighted by molar-refractivity contribution is -0.0565. The van der Waals surface area contributed by atoms with Crippen molar-refractivity contribution in [2.75, 3.05) is 18.9 Å². The first kappa shape index (κ1) is 26.5. The number of hydrogen-bond donors (Lipinski definition) is 5. The smallest absolute Gasteiger partial charge is 0.394 e. The Labute approximate surface area is 212 Å². The van der Waals surface area contributed by atoms with Crippen molar-refractivity contribution in [1.82, 2.24) is 34.1 Å². The Morgan fingerprint density at radius 1 is 1.16 bits per heavy atom. The highest BCUT2D eigenvalue weighted by Crippen LogP contribution is 2.49. The van der Waals surface area contributed by atoms with Crippen molar-refractivity contribution in [1.29, 1.82) is 0 Å². The van der Waals surface area contributed by atoms with Crippen molar-refractivity contribution in [3.8, 4) is 0 Å². The molecule has 7 atom stereocenters. The van der Waals surface area contributed by atoms with Crippen molar-refractivity contribution in [2.24, 2.45) is 0 Å². The molecular weight excluding hydrogens is 531 g/mol. The molecule has 7 unspecified atom stereocenters. The fourth-order valence-electron chi connectivity index (χ4n) is 4.32. The number of nitrogens with zero attached hydrogens (tertiary/aromatic N) is 6. The molecule has 3 aromatic rings. The van der Waals surface area contributed by atoms with Crippen LogP contribution in [-0.4, -0.2) is 86.8 Å². The summed E-state index contributed by atoms with van der Waals surface area (Å²) in [6.45, 7) is 0.455. The number of nitrogens with one attached hydrogen (secondary N) is 1. The molecule has 0 amide bonds. The largest absolute Gasteiger partial charge is 0.472 e. The molecule has 19 heteroatoms. The Morgan fingerprint density at radius 3 is 2.61 bits per heavy atom. The van der Waals surface area contributed by atoms with Crippen LogP contribution in [0.4, 0.5) is 5.95 Å². The number of hydrogen-bond acceptors (Lipinski definition) is 14. The number of phosphoric acid groups is 1. The Morgan fingerprint density at radius 2 is 1.87 bits per heavy atom. The van der Waals surface area contributed by atoms with E-state index >= 15 is 0 Å². The third-order valence-corrected chi connectivity index (χ3v) is 7.17. The summed E-state index contributed by atoms with van der Waals surface area (Å²) < 4.78 is 36.8. The van der Waals surface area contributed by atoms with Crippen LogP contribution in [0.5, 0.6) is 0 Å². The average Bonchev–Trinajstić information content (AvgIpc) is 3.54. The second-order valence-corrected chi connectivity index (χ2v) is 10.2. The number of rotatable bonds is 8. The lowest BCUT2D eigenvalue weighted by Gasteiger charge is -2.21. The summed E-state index contributed by atoms with van der Waals surface area (Å²) in [6, 6.07) is 0. The van der Waals surface area contributed by atoms with E-state index in [0.29, 0.717) is 0 Å². The summed E-state index contributed by atoms with van der Waals surface area (Å²) in [7, 11) is -4.74. The fourth-order valence-corrected chi connectivity index (χ4v) is 5.28. The fraction of sp³-hybridized carbons (Fsp3) is 0.579. The number of aromatic nitrogens is 7. The van der Waals surface area contributed by atoms with E-state index in [1.807, 2.05) is 0 Å². The highest BCUT2D eigenvalue weighted by molar-refractivity contribution is 7.47. The molecule has 206 valence electrons. The van der Waals surface area contributed by atoms with Crippen molar-refractivity contribution >= 4 is 24.9 Å². The predicted octanol–water partition coefficient (Wildman–Crippen LogP) is -1.91. The summed E-state index contributed by atoms with van der Waals surface area (Å²) in [6.07, 6.45) is -3.53. The summed E-state index contributed by atoms with van der Waals surface area (Å²) in [5, 5.41) is 20.1. The predicted molar refractivity (Wildman–Crippen MR) is 124 cm³/mol. The van der Waals surface area contributed by atoms with Gasteiger partial charge in [0.05, 0.1) is 25.6 Å². The van der Waals surface area contributed by atoms with E-state index in [2.05, 4.69) is 24.9 Å². The molecule has 0 spiro atoms. The molecule has 0 saturated carbocycles. The summed E-state index contributed by atoms with van der Waals surface area (Å²) in [4.78, 5) is 52.5. The Bertz CT molecular complexity index is 1490. The van der Waals surface area contributed by atoms with Gasteiger partial charge in [0.25, 0.3) is 5.56 Å². The van der Waals surface area contributed by atoms with Gasteiger partial charge in [-0.1, -0.05) is 0 Å². The number of fused-ring (bicyclic) bond motifs is 1. The maximum Gasteiger partial charge on any atom is 0.472 e. The lowest BCUT2D eigenvalue weighted by atomic mass is 10.2. The first-order valence-corrected chi connectivity index (χ1v) is 12.9. The van der Waals surface area contributed by atoms with Crippen LogP contribution in [-0.2, 0) is 23.1 Å². The number of anilines is 1. The molecule has 2 saturated heterocycles. The number of H-pyrrole nitrogens is 1. The van der Waals surface area contributed by atoms with Crippen LogP contribution in [0, 0.1) is 6.92 Å². The van der Waals surface area contributed by atoms with Crippen molar-refractivity contribution in [3.05, 3.63) is 39.3 Å². The second kappa shape index (κ2) is 10.2. The molecule has 3 aromatic heterocycles. The highest BCUT2D eigenvalue weighted by Gasteiger charge is 2.43. The van der Waals surface area contributed by atoms with Crippen LogP contribution < -0.4 is 17.0 Å². The van der Waals surface area contributed by atoms with Gasteiger partial charge in [-0.05, 0) is 6.92 Å². The van der Waals surface area contributed by atoms with E-state index in [1.165, 1.54) is 17.2 Å². The zero-order chi connectivity index (χ0) is 27.2. The molecule has 2 aliphatic heterocycles. The van der Waals surface area contributed by atoms with Crippen molar-refractivity contribution in [2.45, 2.75) is 56.6 Å². The van der Waals surface area contributed by atoms with Gasteiger partial charge >= 0.3 is 13.5 Å². The number of nitrogen functional groups attached to an aromatic ring is 1. The van der Waals surface area contributed by atoms with E-state index < -0.39 is 69.2 Å². The molecule has 38 heavy (non-hydrogen) atoms. The van der Waals surface area contributed by atoms with Gasteiger partial charge in [0.2, 0.25) is 5.95 Å². The summed E-state index contributed by atoms with van der Waals surface area (Å²) in [5.74, 6) is 0.137. The van der Waals surface area contributed by atoms with E-state index in [4.69, 9.17) is 24.3 Å². The molecule has 5 rings (SSSR count). The average molecular weight is 556 g/mol. The minimum Gasteiger partial charge on any atom is -0.394 e. The lowest BCUT2D eigenvalue weighted by Crippen LogP contribution is -2.29. The number of aliphatic hydroxyl groups excluding tert-OH is 2. The third-order valence-electron chi connectivity index (χ3n) is 6.15. The number of aromatic amines is 1. The Kier molecular flexibility index (Phi) is 7.14. The van der Waals surface area contributed by atoms with E-state index in [9.17, 15) is 29.3 Å². The van der Waals surface area contributed by atoms with Gasteiger partial charge in [0.15, 0.2) is 11.2 Å². The molecule has 5 heterocycles. The quantitative estimate of drug-likeness (QED) is 0.190. The standard InChI is InChI=1S/C19H25N8O10P/c1-8-21-6-27(19(31)23-8)14-3-10(11(4-28)35-14)37-38(32,33)34-5-12-9(29)2-13(36-12)26-7-22-15-16(26)24-18(20)25-17(15)30/h6-7,9-14,28-29H,2-5H2,1H3,(H,32,33)(H3,20,24,25,30). The number of phosphoric ester groups is 1. The van der Waals surface area contributed by atoms with Crippen molar-refractivity contribution < 1.29 is 38.2 Å². The van der Waals surface area contributed by atoms with Gasteiger partial charge in [-0.2, -0.15) is 9.97 Å². The third kappa shape index (κ3) is 5.25. The molecular formula is C19H25N8O10P. The number of imidazole rings is 1. The van der Waals surface area contributed by atoms with Gasteiger partial charge in [0.1, 0.15) is 42.9 Å². The van der Waals surface area contributed by atoms with Crippen LogP contribution in [0.25, 0.3) is 11.2 Å². The van der Waals surface area contributed by atoms with Gasteiger partial charge in [0, 0.05) is 12.8 Å². The maximum absolute atomic E-state index is 12.7. The minimum atomic E-state index is -4.74. The minimum absolute atomic E-state index is 0.0280. The van der Waals surface area contributed by atoms with E-state index in [0.717, 1.165) is 4.57 Å². The molecule has 6 N–H and O–H groups in total. The van der Waals surface area contributed by atoms with Crippen LogP contribution in [0.3, 0.4) is 0 Å². The second-order valence-electron chi connectivity index (χ2n) is 8.76. The molecule has 2 fully saturated rings. The van der Waals surface area contributed by atoms with Gasteiger partial charge in [-0.25, -0.2) is 19.3 Å². The molecule has 0 radical (unpaired) electrons. The molecule has 0 aromatic carbocycles. The van der Waals surface area contributed by atoms with Crippen LogP contribution >= 0.6 is 7.82 Å². The Balaban J connectivity index is 1.22.